The molecule has 3 heterocycles. The lowest BCUT2D eigenvalue weighted by Gasteiger charge is -2.29. The Hall–Kier alpha value is -2.65. The number of rotatable bonds is 3. The summed E-state index contributed by atoms with van der Waals surface area (Å²) in [6, 6.07) is -0.205. The lowest BCUT2D eigenvalue weighted by molar-refractivity contribution is 0.0695. The van der Waals surface area contributed by atoms with Crippen LogP contribution in [0.15, 0.2) is 11.0 Å². The molecule has 2 saturated heterocycles. The third-order valence-electron chi connectivity index (χ3n) is 6.45. The molecule has 29 heavy (non-hydrogen) atoms. The topological polar surface area (TPSA) is 124 Å². The molecule has 1 aliphatic carbocycles. The Bertz CT molecular complexity index is 1110. The molecule has 1 aromatic heterocycles. The second-order valence-electron chi connectivity index (χ2n) is 8.25. The van der Waals surface area contributed by atoms with Crippen LogP contribution in [-0.2, 0) is 4.74 Å². The van der Waals surface area contributed by atoms with Crippen molar-refractivity contribution in [2.75, 3.05) is 23.8 Å². The second-order valence-corrected chi connectivity index (χ2v) is 8.25. The van der Waals surface area contributed by atoms with Crippen molar-refractivity contribution >= 4 is 28.2 Å². The molecule has 0 spiro atoms. The van der Waals surface area contributed by atoms with E-state index in [0.717, 1.165) is 19.3 Å². The van der Waals surface area contributed by atoms with Crippen molar-refractivity contribution in [3.05, 3.63) is 33.4 Å². The molecule has 3 unspecified atom stereocenters. The van der Waals surface area contributed by atoms with Gasteiger partial charge in [0.05, 0.1) is 40.5 Å². The summed E-state index contributed by atoms with van der Waals surface area (Å²) < 4.78 is 23.1. The molecular weight excluding hydrogens is 379 g/mol. The molecule has 0 bridgehead atoms. The average Bonchev–Trinajstić information content (AvgIpc) is 3.31. The first-order valence-electron chi connectivity index (χ1n) is 9.84. The van der Waals surface area contributed by atoms with Gasteiger partial charge in [0.2, 0.25) is 5.43 Å². The van der Waals surface area contributed by atoms with Gasteiger partial charge in [-0.05, 0) is 31.7 Å². The number of hydrogen-bond donors (Lipinski definition) is 3. The van der Waals surface area contributed by atoms with Gasteiger partial charge in [-0.2, -0.15) is 0 Å². The highest BCUT2D eigenvalue weighted by Gasteiger charge is 2.46. The minimum Gasteiger partial charge on any atom is -0.477 e. The van der Waals surface area contributed by atoms with Gasteiger partial charge in [0.25, 0.3) is 0 Å². The summed E-state index contributed by atoms with van der Waals surface area (Å²) in [4.78, 5) is 26.4. The van der Waals surface area contributed by atoms with Gasteiger partial charge in [-0.3, -0.25) is 4.79 Å². The summed E-state index contributed by atoms with van der Waals surface area (Å²) in [6.07, 6.45) is 3.69. The van der Waals surface area contributed by atoms with Gasteiger partial charge in [0, 0.05) is 25.4 Å². The number of aryl methyl sites for hydroxylation is 1. The van der Waals surface area contributed by atoms with E-state index in [1.54, 1.807) is 11.5 Å². The molecule has 2 aromatic rings. The normalized spacial score (nSPS) is 26.3. The van der Waals surface area contributed by atoms with Crippen molar-refractivity contribution in [1.29, 1.82) is 0 Å². The molecule has 9 heteroatoms. The number of ether oxygens (including phenoxy) is 1. The maximum absolute atomic E-state index is 15.5. The van der Waals surface area contributed by atoms with Crippen LogP contribution in [0.2, 0.25) is 0 Å². The highest BCUT2D eigenvalue weighted by molar-refractivity contribution is 6.01. The number of aromatic nitrogens is 1. The fourth-order valence-corrected chi connectivity index (χ4v) is 4.98. The molecule has 0 amide bonds. The van der Waals surface area contributed by atoms with Crippen LogP contribution in [0.5, 0.6) is 0 Å². The van der Waals surface area contributed by atoms with Crippen LogP contribution in [0.3, 0.4) is 0 Å². The Morgan fingerprint density at radius 3 is 2.72 bits per heavy atom. The summed E-state index contributed by atoms with van der Waals surface area (Å²) in [5.74, 6) is -2.04. The first-order chi connectivity index (χ1) is 13.8. The fourth-order valence-electron chi connectivity index (χ4n) is 4.98. The van der Waals surface area contributed by atoms with Crippen LogP contribution in [0.1, 0.15) is 41.2 Å². The molecular formula is C20H23FN4O4. The Kier molecular flexibility index (Phi) is 3.91. The van der Waals surface area contributed by atoms with Gasteiger partial charge in [-0.25, -0.2) is 9.18 Å². The highest BCUT2D eigenvalue weighted by Crippen LogP contribution is 2.44. The number of nitrogens with two attached hydrogens (primary N) is 2. The van der Waals surface area contributed by atoms with Crippen molar-refractivity contribution in [3.8, 4) is 0 Å². The minimum atomic E-state index is -1.34. The lowest BCUT2D eigenvalue weighted by Crippen LogP contribution is -2.35. The molecule has 154 valence electrons. The summed E-state index contributed by atoms with van der Waals surface area (Å²) in [5.41, 5.74) is 12.3. The van der Waals surface area contributed by atoms with E-state index < -0.39 is 22.8 Å². The van der Waals surface area contributed by atoms with Crippen molar-refractivity contribution in [3.63, 3.8) is 0 Å². The number of fused-ring (bicyclic) bond motifs is 2. The van der Waals surface area contributed by atoms with Crippen molar-refractivity contribution in [2.24, 2.45) is 5.73 Å². The number of nitrogens with zero attached hydrogens (tertiary/aromatic N) is 2. The molecule has 3 atom stereocenters. The first-order valence-corrected chi connectivity index (χ1v) is 9.84. The number of nitrogen functional groups attached to an aromatic ring is 1. The molecule has 3 aliphatic rings. The smallest absolute Gasteiger partial charge is 0.341 e. The lowest BCUT2D eigenvalue weighted by atomic mass is 10.0. The number of aromatic carboxylic acids is 1. The zero-order chi connectivity index (χ0) is 20.6. The Balaban J connectivity index is 1.82. The largest absolute Gasteiger partial charge is 0.477 e. The number of hydrogen-bond acceptors (Lipinski definition) is 6. The summed E-state index contributed by atoms with van der Waals surface area (Å²) in [6.45, 7) is 2.75. The Morgan fingerprint density at radius 1 is 1.34 bits per heavy atom. The molecule has 3 fully saturated rings. The van der Waals surface area contributed by atoms with E-state index in [9.17, 15) is 14.7 Å². The summed E-state index contributed by atoms with van der Waals surface area (Å²) in [7, 11) is 0. The van der Waals surface area contributed by atoms with E-state index in [1.165, 1.54) is 6.20 Å². The third-order valence-corrected chi connectivity index (χ3v) is 6.45. The maximum Gasteiger partial charge on any atom is 0.341 e. The average molecular weight is 402 g/mol. The van der Waals surface area contributed by atoms with Gasteiger partial charge in [0.1, 0.15) is 5.56 Å². The number of carboxylic acids is 1. The SMILES string of the molecule is Cc1c(N2CC(N)C3OCCC32)c(F)c(N)c2c(=O)c(C(=O)O)cn(C3CC3)c12. The van der Waals surface area contributed by atoms with Gasteiger partial charge in [0.15, 0.2) is 5.82 Å². The monoisotopic (exact) mass is 402 g/mol. The van der Waals surface area contributed by atoms with Crippen LogP contribution in [0, 0.1) is 12.7 Å². The van der Waals surface area contributed by atoms with Gasteiger partial charge >= 0.3 is 5.97 Å². The van der Waals surface area contributed by atoms with E-state index in [0.29, 0.717) is 29.9 Å². The van der Waals surface area contributed by atoms with Crippen LogP contribution < -0.4 is 21.8 Å². The fraction of sp³-hybridized carbons (Fsp3) is 0.500. The van der Waals surface area contributed by atoms with Gasteiger partial charge in [-0.15, -0.1) is 0 Å². The Morgan fingerprint density at radius 2 is 2.07 bits per heavy atom. The zero-order valence-electron chi connectivity index (χ0n) is 16.0. The summed E-state index contributed by atoms with van der Waals surface area (Å²) >= 11 is 0. The molecule has 0 radical (unpaired) electrons. The molecule has 5 rings (SSSR count). The van der Waals surface area contributed by atoms with Crippen LogP contribution >= 0.6 is 0 Å². The van der Waals surface area contributed by atoms with Crippen molar-refractivity contribution < 1.29 is 19.0 Å². The number of halogens is 1. The predicted octanol–water partition coefficient (Wildman–Crippen LogP) is 1.37. The molecule has 1 saturated carbocycles. The third kappa shape index (κ3) is 2.50. The Labute approximate surface area is 165 Å². The van der Waals surface area contributed by atoms with Crippen molar-refractivity contribution in [1.82, 2.24) is 4.57 Å². The standard InChI is InChI=1S/C20H23FN4O4/c1-8-16-13(18(26)10(20(27)28)6-24(16)9-2-3-9)15(23)14(21)17(8)25-7-11(22)19-12(25)4-5-29-19/h6,9,11-12,19H,2-5,7,22-23H2,1H3,(H,27,28). The van der Waals surface area contributed by atoms with E-state index in [4.69, 9.17) is 16.2 Å². The molecule has 5 N–H and O–H groups in total. The van der Waals surface area contributed by atoms with Gasteiger partial charge < -0.3 is 30.8 Å². The molecule has 2 aliphatic heterocycles. The molecule has 1 aromatic carbocycles. The van der Waals surface area contributed by atoms with Crippen LogP contribution in [0.25, 0.3) is 10.9 Å². The second kappa shape index (κ2) is 6.17. The van der Waals surface area contributed by atoms with E-state index in [1.807, 2.05) is 4.90 Å². The quantitative estimate of drug-likeness (QED) is 0.663. The predicted molar refractivity (Wildman–Crippen MR) is 106 cm³/mol. The van der Waals surface area contributed by atoms with Crippen LogP contribution in [-0.4, -0.2) is 47.0 Å². The van der Waals surface area contributed by atoms with E-state index in [2.05, 4.69) is 0 Å². The van der Waals surface area contributed by atoms with E-state index in [-0.39, 0.29) is 35.3 Å². The van der Waals surface area contributed by atoms with E-state index >= 15 is 4.39 Å². The number of carbonyl (C=O) groups is 1. The highest BCUT2D eigenvalue weighted by atomic mass is 19.1. The zero-order valence-corrected chi connectivity index (χ0v) is 16.0. The number of carboxylic acid groups (broad SMARTS) is 1. The van der Waals surface area contributed by atoms with Gasteiger partial charge in [-0.1, -0.05) is 0 Å². The first kappa shape index (κ1) is 18.4. The number of pyridine rings is 1. The molecule has 8 nitrogen and oxygen atoms in total. The summed E-state index contributed by atoms with van der Waals surface area (Å²) in [5, 5.41) is 9.40. The van der Waals surface area contributed by atoms with Crippen molar-refractivity contribution in [2.45, 2.75) is 50.4 Å². The number of anilines is 2. The number of benzene rings is 1. The minimum absolute atomic E-state index is 0.0468. The van der Waals surface area contributed by atoms with Crippen LogP contribution in [0.4, 0.5) is 15.8 Å². The maximum atomic E-state index is 15.5.